The molecule has 1 aliphatic rings. The molecule has 0 aliphatic carbocycles. The second-order valence-electron chi connectivity index (χ2n) is 4.61. The molecule has 1 fully saturated rings. The number of piperazine rings is 1. The highest BCUT2D eigenvalue weighted by molar-refractivity contribution is 14.1. The Bertz CT molecular complexity index is 414. The van der Waals surface area contributed by atoms with Crippen molar-refractivity contribution in [3.8, 4) is 0 Å². The average Bonchev–Trinajstić information content (AvgIpc) is 2.40. The third-order valence-corrected chi connectivity index (χ3v) is 4.24. The van der Waals surface area contributed by atoms with Gasteiger partial charge in [-0.1, -0.05) is 19.1 Å². The van der Waals surface area contributed by atoms with Gasteiger partial charge in [0.1, 0.15) is 0 Å². The minimum Gasteiger partial charge on any atom is -0.336 e. The van der Waals surface area contributed by atoms with Crippen LogP contribution < -0.4 is 0 Å². The fraction of sp³-hybridized carbons (Fsp3) is 0.500. The highest BCUT2D eigenvalue weighted by Gasteiger charge is 2.22. The van der Waals surface area contributed by atoms with Gasteiger partial charge >= 0.3 is 0 Å². The van der Waals surface area contributed by atoms with E-state index in [-0.39, 0.29) is 5.91 Å². The number of halogens is 1. The van der Waals surface area contributed by atoms with E-state index < -0.39 is 0 Å². The van der Waals surface area contributed by atoms with Crippen molar-refractivity contribution in [1.82, 2.24) is 9.80 Å². The number of carbonyl (C=O) groups is 1. The van der Waals surface area contributed by atoms with Crippen LogP contribution in [0.1, 0.15) is 23.7 Å². The molecule has 98 valence electrons. The van der Waals surface area contributed by atoms with Crippen LogP contribution in [0.4, 0.5) is 0 Å². The van der Waals surface area contributed by atoms with E-state index in [9.17, 15) is 4.79 Å². The summed E-state index contributed by atoms with van der Waals surface area (Å²) < 4.78 is 1.04. The first-order chi connectivity index (χ1) is 8.72. The topological polar surface area (TPSA) is 23.6 Å². The number of rotatable bonds is 3. The van der Waals surface area contributed by atoms with Gasteiger partial charge in [-0.05, 0) is 47.7 Å². The minimum atomic E-state index is 0.177. The van der Waals surface area contributed by atoms with Crippen molar-refractivity contribution in [2.24, 2.45) is 0 Å². The monoisotopic (exact) mass is 358 g/mol. The van der Waals surface area contributed by atoms with E-state index in [1.807, 2.05) is 29.2 Å². The van der Waals surface area contributed by atoms with E-state index in [0.29, 0.717) is 0 Å². The molecule has 0 unspecified atom stereocenters. The zero-order valence-corrected chi connectivity index (χ0v) is 12.9. The molecule has 0 atom stereocenters. The van der Waals surface area contributed by atoms with Gasteiger partial charge in [0.15, 0.2) is 0 Å². The smallest absolute Gasteiger partial charge is 0.255 e. The number of nitrogens with zero attached hydrogens (tertiary/aromatic N) is 2. The van der Waals surface area contributed by atoms with Gasteiger partial charge in [-0.2, -0.15) is 0 Å². The van der Waals surface area contributed by atoms with Gasteiger partial charge in [-0.25, -0.2) is 0 Å². The van der Waals surface area contributed by atoms with Crippen molar-refractivity contribution in [3.63, 3.8) is 0 Å². The highest BCUT2D eigenvalue weighted by atomic mass is 127. The number of hydrogen-bond donors (Lipinski definition) is 0. The van der Waals surface area contributed by atoms with Gasteiger partial charge in [-0.15, -0.1) is 0 Å². The average molecular weight is 358 g/mol. The van der Waals surface area contributed by atoms with Gasteiger partial charge in [-0.3, -0.25) is 9.69 Å². The Labute approximate surface area is 122 Å². The van der Waals surface area contributed by atoms with Crippen molar-refractivity contribution in [2.75, 3.05) is 32.7 Å². The van der Waals surface area contributed by atoms with E-state index in [4.69, 9.17) is 0 Å². The van der Waals surface area contributed by atoms with Gasteiger partial charge in [0, 0.05) is 29.7 Å². The molecule has 0 aromatic heterocycles. The standard InChI is InChI=1S/C14H19IN2O/c1-2-7-16-8-10-17(11-9-16)14(18)12-5-3-4-6-13(12)15/h3-6H,2,7-11H2,1H3. The van der Waals surface area contributed by atoms with Crippen LogP contribution in [0.2, 0.25) is 0 Å². The Morgan fingerprint density at radius 3 is 2.50 bits per heavy atom. The van der Waals surface area contributed by atoms with Crippen molar-refractivity contribution >= 4 is 28.5 Å². The fourth-order valence-electron chi connectivity index (χ4n) is 2.30. The molecule has 1 heterocycles. The lowest BCUT2D eigenvalue weighted by Gasteiger charge is -2.34. The maximum absolute atomic E-state index is 12.4. The molecule has 0 saturated carbocycles. The third-order valence-electron chi connectivity index (χ3n) is 3.30. The van der Waals surface area contributed by atoms with Crippen LogP contribution in [0.3, 0.4) is 0 Å². The van der Waals surface area contributed by atoms with Crippen LogP contribution in [0.15, 0.2) is 24.3 Å². The molecule has 0 spiro atoms. The van der Waals surface area contributed by atoms with Gasteiger partial charge in [0.25, 0.3) is 5.91 Å². The van der Waals surface area contributed by atoms with Gasteiger partial charge < -0.3 is 4.90 Å². The number of amides is 1. The largest absolute Gasteiger partial charge is 0.336 e. The van der Waals surface area contributed by atoms with Crippen molar-refractivity contribution in [3.05, 3.63) is 33.4 Å². The zero-order chi connectivity index (χ0) is 13.0. The Kier molecular flexibility index (Phi) is 5.00. The maximum Gasteiger partial charge on any atom is 0.255 e. The van der Waals surface area contributed by atoms with Crippen molar-refractivity contribution in [2.45, 2.75) is 13.3 Å². The fourth-order valence-corrected chi connectivity index (χ4v) is 2.91. The van der Waals surface area contributed by atoms with E-state index in [1.165, 1.54) is 6.42 Å². The molecule has 18 heavy (non-hydrogen) atoms. The second-order valence-corrected chi connectivity index (χ2v) is 5.78. The Balaban J connectivity index is 1.98. The zero-order valence-electron chi connectivity index (χ0n) is 10.7. The quantitative estimate of drug-likeness (QED) is 0.775. The van der Waals surface area contributed by atoms with E-state index in [1.54, 1.807) is 0 Å². The molecule has 1 aliphatic heterocycles. The molecule has 0 radical (unpaired) electrons. The van der Waals surface area contributed by atoms with Crippen LogP contribution >= 0.6 is 22.6 Å². The molecule has 4 heteroatoms. The molecule has 1 aromatic carbocycles. The molecule has 2 rings (SSSR count). The van der Waals surface area contributed by atoms with E-state index >= 15 is 0 Å². The van der Waals surface area contributed by atoms with Crippen LogP contribution in [0.5, 0.6) is 0 Å². The lowest BCUT2D eigenvalue weighted by Crippen LogP contribution is -2.48. The maximum atomic E-state index is 12.4. The van der Waals surface area contributed by atoms with Crippen molar-refractivity contribution < 1.29 is 4.79 Å². The molecule has 1 amide bonds. The van der Waals surface area contributed by atoms with E-state index in [2.05, 4.69) is 34.4 Å². The van der Waals surface area contributed by atoms with Crippen LogP contribution in [0, 0.1) is 3.57 Å². The lowest BCUT2D eigenvalue weighted by atomic mass is 10.2. The summed E-state index contributed by atoms with van der Waals surface area (Å²) >= 11 is 2.23. The van der Waals surface area contributed by atoms with Gasteiger partial charge in [0.2, 0.25) is 0 Å². The SMILES string of the molecule is CCCN1CCN(C(=O)c2ccccc2I)CC1. The van der Waals surface area contributed by atoms with Crippen LogP contribution in [-0.2, 0) is 0 Å². The first kappa shape index (κ1) is 13.8. The minimum absolute atomic E-state index is 0.177. The summed E-state index contributed by atoms with van der Waals surface area (Å²) in [5.41, 5.74) is 0.835. The van der Waals surface area contributed by atoms with Crippen molar-refractivity contribution in [1.29, 1.82) is 0 Å². The predicted molar refractivity (Wildman–Crippen MR) is 81.8 cm³/mol. The summed E-state index contributed by atoms with van der Waals surface area (Å²) in [7, 11) is 0. The molecule has 0 bridgehead atoms. The summed E-state index contributed by atoms with van der Waals surface area (Å²) in [5, 5.41) is 0. The summed E-state index contributed by atoms with van der Waals surface area (Å²) in [4.78, 5) is 16.8. The number of hydrogen-bond acceptors (Lipinski definition) is 2. The summed E-state index contributed by atoms with van der Waals surface area (Å²) in [6.45, 7) is 7.05. The van der Waals surface area contributed by atoms with Gasteiger partial charge in [0.05, 0.1) is 5.56 Å². The molecule has 0 N–H and O–H groups in total. The Morgan fingerprint density at radius 2 is 1.89 bits per heavy atom. The van der Waals surface area contributed by atoms with Crippen LogP contribution in [-0.4, -0.2) is 48.4 Å². The molecule has 3 nitrogen and oxygen atoms in total. The second kappa shape index (κ2) is 6.52. The van der Waals surface area contributed by atoms with Crippen LogP contribution in [0.25, 0.3) is 0 Å². The lowest BCUT2D eigenvalue weighted by molar-refractivity contribution is 0.0636. The summed E-state index contributed by atoms with van der Waals surface area (Å²) in [6, 6.07) is 7.81. The highest BCUT2D eigenvalue weighted by Crippen LogP contribution is 2.15. The molecule has 1 saturated heterocycles. The summed E-state index contributed by atoms with van der Waals surface area (Å²) in [5.74, 6) is 0.177. The molecular formula is C14H19IN2O. The first-order valence-electron chi connectivity index (χ1n) is 6.48. The first-order valence-corrected chi connectivity index (χ1v) is 7.56. The summed E-state index contributed by atoms with van der Waals surface area (Å²) in [6.07, 6.45) is 1.19. The normalized spacial score (nSPS) is 16.9. The third kappa shape index (κ3) is 3.23. The number of carbonyl (C=O) groups excluding carboxylic acids is 1. The Hall–Kier alpha value is -0.620. The Morgan fingerprint density at radius 1 is 1.22 bits per heavy atom. The molecular weight excluding hydrogens is 339 g/mol. The predicted octanol–water partition coefficient (Wildman–Crippen LogP) is 2.46. The molecule has 1 aromatic rings. The number of benzene rings is 1. The van der Waals surface area contributed by atoms with E-state index in [0.717, 1.165) is 41.9 Å².